The molecule has 7 heteroatoms. The van der Waals surface area contributed by atoms with E-state index < -0.39 is 0 Å². The number of amides is 2. The van der Waals surface area contributed by atoms with Gasteiger partial charge in [-0.15, -0.1) is 5.10 Å². The maximum absolute atomic E-state index is 11.1. The molecule has 1 aromatic rings. The Hall–Kier alpha value is -1.66. The zero-order valence-electron chi connectivity index (χ0n) is 8.32. The van der Waals surface area contributed by atoms with Crippen molar-refractivity contribution in [2.24, 2.45) is 7.05 Å². The molecule has 1 rings (SSSR count). The van der Waals surface area contributed by atoms with Crippen molar-refractivity contribution in [2.75, 3.05) is 6.54 Å². The number of aryl methyl sites for hydroxylation is 1. The van der Waals surface area contributed by atoms with Crippen molar-refractivity contribution in [1.29, 1.82) is 0 Å². The number of rotatable bonds is 4. The van der Waals surface area contributed by atoms with Gasteiger partial charge < -0.3 is 10.6 Å². The number of carbonyl (C=O) groups excluding carboxylic acids is 1. The topological polar surface area (TPSA) is 84.7 Å². The fraction of sp³-hybridized carbons (Fsp3) is 0.714. The molecule has 0 aliphatic heterocycles. The fourth-order valence-electron chi connectivity index (χ4n) is 0.858. The lowest BCUT2D eigenvalue weighted by Gasteiger charge is -2.04. The van der Waals surface area contributed by atoms with Crippen LogP contribution in [0, 0.1) is 0 Å². The van der Waals surface area contributed by atoms with Crippen molar-refractivity contribution >= 4 is 6.03 Å². The number of urea groups is 1. The molecule has 0 bridgehead atoms. The minimum Gasteiger partial charge on any atom is -0.338 e. The molecule has 1 heterocycles. The third kappa shape index (κ3) is 3.00. The van der Waals surface area contributed by atoms with E-state index in [9.17, 15) is 4.79 Å². The molecule has 0 aliphatic rings. The second kappa shape index (κ2) is 5.15. The molecule has 0 aliphatic carbocycles. The lowest BCUT2D eigenvalue weighted by Crippen LogP contribution is -2.35. The van der Waals surface area contributed by atoms with Crippen LogP contribution < -0.4 is 10.6 Å². The zero-order chi connectivity index (χ0) is 10.4. The van der Waals surface area contributed by atoms with Crippen LogP contribution in [0.3, 0.4) is 0 Å². The summed E-state index contributed by atoms with van der Waals surface area (Å²) < 4.78 is 1.51. The monoisotopic (exact) mass is 198 g/mol. The molecule has 0 aromatic carbocycles. The number of tetrazole rings is 1. The minimum atomic E-state index is -0.199. The molecular formula is C7H14N6O. The van der Waals surface area contributed by atoms with E-state index in [1.807, 2.05) is 6.92 Å². The van der Waals surface area contributed by atoms with Gasteiger partial charge in [-0.1, -0.05) is 6.92 Å². The Morgan fingerprint density at radius 1 is 1.50 bits per heavy atom. The summed E-state index contributed by atoms with van der Waals surface area (Å²) in [6, 6.07) is -0.199. The maximum Gasteiger partial charge on any atom is 0.315 e. The van der Waals surface area contributed by atoms with Crippen LogP contribution in [0.5, 0.6) is 0 Å². The van der Waals surface area contributed by atoms with Gasteiger partial charge in [-0.05, 0) is 16.8 Å². The molecule has 0 fully saturated rings. The van der Waals surface area contributed by atoms with Crippen LogP contribution in [0.1, 0.15) is 19.2 Å². The van der Waals surface area contributed by atoms with E-state index in [0.29, 0.717) is 18.9 Å². The van der Waals surface area contributed by atoms with Gasteiger partial charge in [0.15, 0.2) is 5.82 Å². The summed E-state index contributed by atoms with van der Waals surface area (Å²) in [6.45, 7) is 2.99. The Morgan fingerprint density at radius 2 is 2.29 bits per heavy atom. The van der Waals surface area contributed by atoms with E-state index in [-0.39, 0.29) is 6.03 Å². The van der Waals surface area contributed by atoms with Crippen LogP contribution in [0.25, 0.3) is 0 Å². The molecule has 0 saturated carbocycles. The van der Waals surface area contributed by atoms with Crippen LogP contribution in [0.15, 0.2) is 0 Å². The molecule has 78 valence electrons. The first-order valence-corrected chi connectivity index (χ1v) is 4.47. The first kappa shape index (κ1) is 10.4. The highest BCUT2D eigenvalue weighted by Crippen LogP contribution is 1.86. The number of nitrogens with one attached hydrogen (secondary N) is 2. The molecule has 0 spiro atoms. The molecule has 7 nitrogen and oxygen atoms in total. The van der Waals surface area contributed by atoms with Crippen molar-refractivity contribution < 1.29 is 4.79 Å². The summed E-state index contributed by atoms with van der Waals surface area (Å²) in [4.78, 5) is 11.1. The Kier molecular flexibility index (Phi) is 3.84. The summed E-state index contributed by atoms with van der Waals surface area (Å²) in [5, 5.41) is 16.2. The number of hydrogen-bond donors (Lipinski definition) is 2. The second-order valence-electron chi connectivity index (χ2n) is 2.83. The Bertz CT molecular complexity index is 296. The standard InChI is InChI=1S/C7H14N6O/c1-3-4-8-7(14)9-5-6-10-11-12-13(6)2/h3-5H2,1-2H3,(H2,8,9,14). The van der Waals surface area contributed by atoms with E-state index in [1.54, 1.807) is 7.05 Å². The summed E-state index contributed by atoms with van der Waals surface area (Å²) in [7, 11) is 1.72. The Balaban J connectivity index is 2.27. The first-order chi connectivity index (χ1) is 6.74. The first-order valence-electron chi connectivity index (χ1n) is 4.47. The molecule has 0 atom stereocenters. The molecular weight excluding hydrogens is 184 g/mol. The molecule has 0 unspecified atom stereocenters. The van der Waals surface area contributed by atoms with Crippen LogP contribution in [-0.4, -0.2) is 32.8 Å². The average Bonchev–Trinajstić information content (AvgIpc) is 2.58. The SMILES string of the molecule is CCCNC(=O)NCc1nnnn1C. The third-order valence-corrected chi connectivity index (χ3v) is 1.65. The molecule has 14 heavy (non-hydrogen) atoms. The highest BCUT2D eigenvalue weighted by molar-refractivity contribution is 5.73. The van der Waals surface area contributed by atoms with Gasteiger partial charge in [0.25, 0.3) is 0 Å². The van der Waals surface area contributed by atoms with E-state index >= 15 is 0 Å². The van der Waals surface area contributed by atoms with E-state index in [4.69, 9.17) is 0 Å². The lowest BCUT2D eigenvalue weighted by atomic mass is 10.5. The molecule has 0 saturated heterocycles. The van der Waals surface area contributed by atoms with Gasteiger partial charge in [0.1, 0.15) is 0 Å². The Labute approximate surface area is 81.9 Å². The van der Waals surface area contributed by atoms with Crippen LogP contribution in [0.4, 0.5) is 4.79 Å². The fourth-order valence-corrected chi connectivity index (χ4v) is 0.858. The normalized spacial score (nSPS) is 9.86. The van der Waals surface area contributed by atoms with Crippen molar-refractivity contribution in [3.05, 3.63) is 5.82 Å². The third-order valence-electron chi connectivity index (χ3n) is 1.65. The van der Waals surface area contributed by atoms with Gasteiger partial charge in [-0.3, -0.25) is 0 Å². The maximum atomic E-state index is 11.1. The minimum absolute atomic E-state index is 0.199. The van der Waals surface area contributed by atoms with Gasteiger partial charge >= 0.3 is 6.03 Å². The summed E-state index contributed by atoms with van der Waals surface area (Å²) >= 11 is 0. The van der Waals surface area contributed by atoms with Crippen molar-refractivity contribution in [1.82, 2.24) is 30.8 Å². The number of hydrogen-bond acceptors (Lipinski definition) is 4. The summed E-state index contributed by atoms with van der Waals surface area (Å²) in [6.07, 6.45) is 0.916. The number of nitrogens with zero attached hydrogens (tertiary/aromatic N) is 4. The lowest BCUT2D eigenvalue weighted by molar-refractivity contribution is 0.240. The van der Waals surface area contributed by atoms with Crippen molar-refractivity contribution in [2.45, 2.75) is 19.9 Å². The van der Waals surface area contributed by atoms with Gasteiger partial charge in [-0.25, -0.2) is 9.48 Å². The molecule has 2 N–H and O–H groups in total. The number of carbonyl (C=O) groups is 1. The molecule has 1 aromatic heterocycles. The predicted molar refractivity (Wildman–Crippen MR) is 49.3 cm³/mol. The van der Waals surface area contributed by atoms with Gasteiger partial charge in [0.05, 0.1) is 6.54 Å². The Morgan fingerprint density at radius 3 is 2.86 bits per heavy atom. The second-order valence-corrected chi connectivity index (χ2v) is 2.83. The van der Waals surface area contributed by atoms with Gasteiger partial charge in [0.2, 0.25) is 0 Å². The summed E-state index contributed by atoms with van der Waals surface area (Å²) in [5.41, 5.74) is 0. The van der Waals surface area contributed by atoms with E-state index in [0.717, 1.165) is 6.42 Å². The average molecular weight is 198 g/mol. The largest absolute Gasteiger partial charge is 0.338 e. The zero-order valence-corrected chi connectivity index (χ0v) is 8.32. The molecule has 0 radical (unpaired) electrons. The highest BCUT2D eigenvalue weighted by atomic mass is 16.2. The smallest absolute Gasteiger partial charge is 0.315 e. The van der Waals surface area contributed by atoms with Gasteiger partial charge in [-0.2, -0.15) is 0 Å². The quantitative estimate of drug-likeness (QED) is 0.677. The predicted octanol–water partition coefficient (Wildman–Crippen LogP) is -0.581. The van der Waals surface area contributed by atoms with Crippen molar-refractivity contribution in [3.8, 4) is 0 Å². The van der Waals surface area contributed by atoms with Crippen LogP contribution in [-0.2, 0) is 13.6 Å². The summed E-state index contributed by atoms with van der Waals surface area (Å²) in [5.74, 6) is 0.622. The van der Waals surface area contributed by atoms with Gasteiger partial charge in [0, 0.05) is 13.6 Å². The van der Waals surface area contributed by atoms with Crippen LogP contribution >= 0.6 is 0 Å². The van der Waals surface area contributed by atoms with Crippen LogP contribution in [0.2, 0.25) is 0 Å². The van der Waals surface area contributed by atoms with Crippen molar-refractivity contribution in [3.63, 3.8) is 0 Å². The molecule has 2 amide bonds. The van der Waals surface area contributed by atoms with E-state index in [1.165, 1.54) is 4.68 Å². The highest BCUT2D eigenvalue weighted by Gasteiger charge is 2.03. The van der Waals surface area contributed by atoms with E-state index in [2.05, 4.69) is 26.2 Å². The number of aromatic nitrogens is 4.